The summed E-state index contributed by atoms with van der Waals surface area (Å²) in [6.07, 6.45) is 8.87. The van der Waals surface area contributed by atoms with Crippen molar-refractivity contribution in [2.24, 2.45) is 0 Å². The Kier molecular flexibility index (Phi) is 25.2. The van der Waals surface area contributed by atoms with Gasteiger partial charge >= 0.3 is 6.03 Å². The number of thioether (sulfide) groups is 1. The van der Waals surface area contributed by atoms with E-state index in [-0.39, 0.29) is 73.0 Å². The number of hydrogen-bond donors (Lipinski definition) is 6. The Morgan fingerprint density at radius 1 is 0.826 bits per heavy atom. The molecule has 1 aromatic heterocycles. The van der Waals surface area contributed by atoms with Gasteiger partial charge in [0.05, 0.1) is 64.5 Å². The van der Waals surface area contributed by atoms with E-state index in [1.165, 1.54) is 6.08 Å². The number of nitrogens with one attached hydrogen (secondary N) is 6. The number of nitrogens with zero attached hydrogens (tertiary/aromatic N) is 3. The lowest BCUT2D eigenvalue weighted by molar-refractivity contribution is -0.128. The van der Waals surface area contributed by atoms with Gasteiger partial charge in [-0.25, -0.2) is 9.78 Å². The maximum absolute atomic E-state index is 14.5. The van der Waals surface area contributed by atoms with E-state index in [0.29, 0.717) is 128 Å². The average molecular weight is 988 g/mol. The van der Waals surface area contributed by atoms with Crippen LogP contribution in [0.3, 0.4) is 0 Å². The van der Waals surface area contributed by atoms with Gasteiger partial charge in [-0.15, -0.1) is 0 Å². The minimum absolute atomic E-state index is 0.0573. The molecule has 0 spiro atoms. The summed E-state index contributed by atoms with van der Waals surface area (Å²) in [7, 11) is 0. The highest BCUT2D eigenvalue weighted by atomic mass is 32.2. The number of carbonyl (C=O) groups is 5. The van der Waals surface area contributed by atoms with Crippen LogP contribution in [0.15, 0.2) is 43.1 Å². The lowest BCUT2D eigenvalue weighted by Gasteiger charge is -2.32. The Morgan fingerprint density at radius 3 is 2.22 bits per heavy atom. The van der Waals surface area contributed by atoms with Gasteiger partial charge in [0.25, 0.3) is 5.88 Å². The van der Waals surface area contributed by atoms with E-state index in [0.717, 1.165) is 44.1 Å². The molecule has 3 saturated heterocycles. The molecule has 22 heteroatoms. The Bertz CT molecular complexity index is 1920. The molecule has 1 unspecified atom stereocenters. The average Bonchev–Trinajstić information content (AvgIpc) is 3.91. The van der Waals surface area contributed by atoms with Crippen molar-refractivity contribution in [2.75, 3.05) is 103 Å². The van der Waals surface area contributed by atoms with Crippen molar-refractivity contribution in [1.82, 2.24) is 41.5 Å². The van der Waals surface area contributed by atoms with Gasteiger partial charge in [-0.1, -0.05) is 19.1 Å². The molecular weight excluding hydrogens is 918 g/mol. The molecule has 0 saturated carbocycles. The molecule has 2 aromatic rings. The summed E-state index contributed by atoms with van der Waals surface area (Å²) < 4.78 is 48.4. The molecule has 4 heterocycles. The third kappa shape index (κ3) is 21.5. The normalized spacial score (nSPS) is 18.4. The molecule has 5 rings (SSSR count). The van der Waals surface area contributed by atoms with Crippen molar-refractivity contribution >= 4 is 53.1 Å². The van der Waals surface area contributed by atoms with E-state index >= 15 is 0 Å². The SMILES string of the molecule is C=CC(=O)N1CCC[C@H](Oc2nc(Nc3cccc(OCCOCCNC(=O)CCCC(=O)NCCCOCCOCCOCCCNC(=O)CCCCC4SC[C@@H]5NC(=O)N[C@H]45)c3)ncc2F)C1. The topological polar surface area (TPSA) is 242 Å². The number of benzene rings is 1. The van der Waals surface area contributed by atoms with Gasteiger partial charge in [0, 0.05) is 81.4 Å². The van der Waals surface area contributed by atoms with Gasteiger partial charge in [-0.2, -0.15) is 21.1 Å². The minimum Gasteiger partial charge on any atom is -0.491 e. The van der Waals surface area contributed by atoms with Gasteiger partial charge in [0.1, 0.15) is 18.5 Å². The van der Waals surface area contributed by atoms with E-state index in [1.54, 1.807) is 29.2 Å². The van der Waals surface area contributed by atoms with Crippen LogP contribution in [0.25, 0.3) is 0 Å². The quantitative estimate of drug-likeness (QED) is 0.0330. The Hall–Kier alpha value is -5.29. The number of amides is 6. The zero-order valence-corrected chi connectivity index (χ0v) is 40.3. The van der Waals surface area contributed by atoms with Crippen molar-refractivity contribution in [3.63, 3.8) is 0 Å². The number of piperidine rings is 1. The number of halogens is 1. The van der Waals surface area contributed by atoms with Gasteiger partial charge in [-0.3, -0.25) is 19.2 Å². The fourth-order valence-corrected chi connectivity index (χ4v) is 9.23. The van der Waals surface area contributed by atoms with Crippen LogP contribution in [0.2, 0.25) is 0 Å². The van der Waals surface area contributed by atoms with E-state index in [9.17, 15) is 28.4 Å². The maximum atomic E-state index is 14.5. The van der Waals surface area contributed by atoms with Crippen LogP contribution >= 0.6 is 11.8 Å². The van der Waals surface area contributed by atoms with Crippen LogP contribution in [0.1, 0.15) is 70.6 Å². The molecule has 0 radical (unpaired) electrons. The van der Waals surface area contributed by atoms with Crippen molar-refractivity contribution in [3.05, 3.63) is 48.9 Å². The fraction of sp³-hybridized carbons (Fsp3) is 0.638. The number of carbonyl (C=O) groups excluding carboxylic acids is 5. The first kappa shape index (κ1) is 54.6. The molecule has 4 atom stereocenters. The summed E-state index contributed by atoms with van der Waals surface area (Å²) >= 11 is 1.89. The third-order valence-corrected chi connectivity index (χ3v) is 12.7. The van der Waals surface area contributed by atoms with Crippen LogP contribution < -0.4 is 41.4 Å². The van der Waals surface area contributed by atoms with E-state index in [1.807, 2.05) is 11.8 Å². The molecule has 3 aliphatic heterocycles. The minimum atomic E-state index is -0.705. The summed E-state index contributed by atoms with van der Waals surface area (Å²) in [5.41, 5.74) is 0.610. The zero-order chi connectivity index (χ0) is 48.9. The van der Waals surface area contributed by atoms with Gasteiger partial charge in [-0.05, 0) is 63.2 Å². The maximum Gasteiger partial charge on any atom is 0.315 e. The Labute approximate surface area is 408 Å². The number of rotatable bonds is 35. The van der Waals surface area contributed by atoms with Crippen LogP contribution in [0.5, 0.6) is 11.6 Å². The highest BCUT2D eigenvalue weighted by Gasteiger charge is 2.42. The summed E-state index contributed by atoms with van der Waals surface area (Å²) in [6.45, 7) is 9.49. The molecule has 0 aliphatic carbocycles. The largest absolute Gasteiger partial charge is 0.491 e. The predicted molar refractivity (Wildman–Crippen MR) is 257 cm³/mol. The molecule has 3 aliphatic rings. The molecule has 6 N–H and O–H groups in total. The zero-order valence-electron chi connectivity index (χ0n) is 39.5. The summed E-state index contributed by atoms with van der Waals surface area (Å²) in [5.74, 6) is 0.324. The van der Waals surface area contributed by atoms with Crippen LogP contribution in [-0.2, 0) is 38.1 Å². The van der Waals surface area contributed by atoms with Gasteiger partial charge in [0.15, 0.2) is 0 Å². The Morgan fingerprint density at radius 2 is 1.49 bits per heavy atom. The first-order chi connectivity index (χ1) is 33.7. The van der Waals surface area contributed by atoms with E-state index < -0.39 is 11.9 Å². The Balaban J connectivity index is 0.752. The fourth-order valence-electron chi connectivity index (χ4n) is 7.69. The predicted octanol–water partition coefficient (Wildman–Crippen LogP) is 3.39. The van der Waals surface area contributed by atoms with E-state index in [4.69, 9.17) is 28.4 Å². The first-order valence-corrected chi connectivity index (χ1v) is 25.1. The molecule has 20 nitrogen and oxygen atoms in total. The van der Waals surface area contributed by atoms with Crippen LogP contribution in [-0.4, -0.2) is 166 Å². The number of anilines is 2. The summed E-state index contributed by atoms with van der Waals surface area (Å²) in [5, 5.41) is 18.0. The second-order valence-corrected chi connectivity index (χ2v) is 17.9. The summed E-state index contributed by atoms with van der Waals surface area (Å²) in [6, 6.07) is 7.45. The van der Waals surface area contributed by atoms with Crippen molar-refractivity contribution < 1.29 is 56.8 Å². The lowest BCUT2D eigenvalue weighted by atomic mass is 10.0. The number of likely N-dealkylation sites (tertiary alicyclic amines) is 1. The number of hydrogen-bond acceptors (Lipinski definition) is 15. The molecule has 3 fully saturated rings. The number of aromatic nitrogens is 2. The smallest absolute Gasteiger partial charge is 0.315 e. The lowest BCUT2D eigenvalue weighted by Crippen LogP contribution is -2.43. The van der Waals surface area contributed by atoms with Crippen LogP contribution in [0, 0.1) is 5.82 Å². The van der Waals surface area contributed by atoms with Crippen molar-refractivity contribution in [2.45, 2.75) is 94.1 Å². The van der Waals surface area contributed by atoms with Crippen molar-refractivity contribution in [1.29, 1.82) is 0 Å². The second kappa shape index (κ2) is 31.8. The number of urea groups is 1. The standard InChI is InChI=1S/C47H70FN9O11S/c1-2-43(61)57-20-7-12-36(32-57)68-45-37(48)31-52-46(56-45)53-34-10-5-11-35(30-34)67-29-28-65-23-19-51-42(60)16-6-15-41(59)50-18-9-22-64-25-27-66-26-24-63-21-8-17-49-40(58)14-4-3-13-39-44-38(33-69-39)54-47(62)55-44/h2,5,10-11,30-31,36,38-39,44H,1,3-4,6-9,12-29,32-33H2,(H,49,58)(H,50,59)(H,51,60)(H,52,53,56)(H2,54,55,62)/t36-,38-,39?,44-/m0/s1. The number of ether oxygens (including phenoxy) is 6. The van der Waals surface area contributed by atoms with Crippen LogP contribution in [0.4, 0.5) is 20.8 Å². The molecule has 0 bridgehead atoms. The highest BCUT2D eigenvalue weighted by Crippen LogP contribution is 2.33. The monoisotopic (exact) mass is 987 g/mol. The van der Waals surface area contributed by atoms with Gasteiger partial charge < -0.3 is 65.2 Å². The molecular formula is C47H70FN9O11S. The van der Waals surface area contributed by atoms with Gasteiger partial charge in [0.2, 0.25) is 35.4 Å². The van der Waals surface area contributed by atoms with Crippen molar-refractivity contribution in [3.8, 4) is 11.6 Å². The molecule has 382 valence electrons. The van der Waals surface area contributed by atoms with E-state index in [2.05, 4.69) is 48.4 Å². The highest BCUT2D eigenvalue weighted by molar-refractivity contribution is 8.00. The third-order valence-electron chi connectivity index (χ3n) is 11.2. The molecule has 69 heavy (non-hydrogen) atoms. The summed E-state index contributed by atoms with van der Waals surface area (Å²) in [4.78, 5) is 69.8. The molecule has 6 amide bonds. The number of unbranched alkanes of at least 4 members (excludes halogenated alkanes) is 1. The second-order valence-electron chi connectivity index (χ2n) is 16.6. The number of fused-ring (bicyclic) bond motifs is 1. The first-order valence-electron chi connectivity index (χ1n) is 24.1. The molecule has 1 aromatic carbocycles.